The predicted molar refractivity (Wildman–Crippen MR) is 101 cm³/mol. The maximum absolute atomic E-state index is 12.5. The number of anilines is 2. The summed E-state index contributed by atoms with van der Waals surface area (Å²) < 4.78 is 5.24. The third-order valence-electron chi connectivity index (χ3n) is 3.56. The number of nitrogens with one attached hydrogen (secondary N) is 2. The van der Waals surface area contributed by atoms with E-state index in [2.05, 4.69) is 27.5 Å². The van der Waals surface area contributed by atoms with Gasteiger partial charge in [0.1, 0.15) is 11.4 Å². The fraction of sp³-hybridized carbons (Fsp3) is 0.389. The highest BCUT2D eigenvalue weighted by molar-refractivity contribution is 6.31. The molecule has 2 aromatic rings. The van der Waals surface area contributed by atoms with Gasteiger partial charge in [-0.25, -0.2) is 9.97 Å². The van der Waals surface area contributed by atoms with Crippen LogP contribution < -0.4 is 15.4 Å². The van der Waals surface area contributed by atoms with Gasteiger partial charge in [-0.3, -0.25) is 4.79 Å². The van der Waals surface area contributed by atoms with Gasteiger partial charge in [-0.15, -0.1) is 0 Å². The fourth-order valence-electron chi connectivity index (χ4n) is 2.30. The summed E-state index contributed by atoms with van der Waals surface area (Å²) >= 11 is 5.99. The molecular formula is C18H23ClN4O2. The number of hydrogen-bond donors (Lipinski definition) is 2. The van der Waals surface area contributed by atoms with Crippen LogP contribution in [0.3, 0.4) is 0 Å². The highest BCUT2D eigenvalue weighted by Crippen LogP contribution is 2.28. The van der Waals surface area contributed by atoms with Gasteiger partial charge in [0.25, 0.3) is 5.91 Å². The number of nitrogens with zero attached hydrogens (tertiary/aromatic N) is 2. The summed E-state index contributed by atoms with van der Waals surface area (Å²) in [7, 11) is 1.53. The van der Waals surface area contributed by atoms with Crippen molar-refractivity contribution in [1.29, 1.82) is 0 Å². The second-order valence-corrected chi connectivity index (χ2v) is 6.09. The maximum atomic E-state index is 12.5. The van der Waals surface area contributed by atoms with E-state index < -0.39 is 0 Å². The normalized spacial score (nSPS) is 10.4. The van der Waals surface area contributed by atoms with Crippen molar-refractivity contribution in [3.05, 3.63) is 40.7 Å². The summed E-state index contributed by atoms with van der Waals surface area (Å²) in [5.41, 5.74) is 1.50. The zero-order valence-corrected chi connectivity index (χ0v) is 15.5. The Hall–Kier alpha value is -2.34. The molecule has 6 nitrogen and oxygen atoms in total. The molecule has 0 unspecified atom stereocenters. The molecule has 2 N–H and O–H groups in total. The molecule has 0 bridgehead atoms. The van der Waals surface area contributed by atoms with Crippen LogP contribution in [-0.2, 0) is 0 Å². The number of benzene rings is 1. The van der Waals surface area contributed by atoms with Crippen LogP contribution in [0.4, 0.5) is 11.6 Å². The molecule has 2 rings (SSSR count). The van der Waals surface area contributed by atoms with Gasteiger partial charge in [-0.2, -0.15) is 0 Å². The van der Waals surface area contributed by atoms with E-state index in [1.807, 2.05) is 6.92 Å². The average Bonchev–Trinajstić information content (AvgIpc) is 2.58. The molecule has 1 aromatic carbocycles. The van der Waals surface area contributed by atoms with Crippen molar-refractivity contribution in [2.75, 3.05) is 24.3 Å². The number of halogens is 1. The summed E-state index contributed by atoms with van der Waals surface area (Å²) in [5.74, 6) is 0.642. The Kier molecular flexibility index (Phi) is 7.01. The van der Waals surface area contributed by atoms with Crippen molar-refractivity contribution in [1.82, 2.24) is 9.97 Å². The predicted octanol–water partition coefficient (Wildman–Crippen LogP) is 4.30. The third kappa shape index (κ3) is 5.60. The summed E-state index contributed by atoms with van der Waals surface area (Å²) in [5, 5.41) is 6.45. The number of carbonyl (C=O) groups excluding carboxylic acids is 1. The molecule has 0 saturated carbocycles. The second kappa shape index (κ2) is 9.22. The number of ether oxygens (including phenoxy) is 1. The Labute approximate surface area is 153 Å². The number of hydrogen-bond acceptors (Lipinski definition) is 5. The topological polar surface area (TPSA) is 76.1 Å². The summed E-state index contributed by atoms with van der Waals surface area (Å²) in [6, 6.07) is 6.67. The lowest BCUT2D eigenvalue weighted by Crippen LogP contribution is -2.17. The molecule has 7 heteroatoms. The zero-order valence-electron chi connectivity index (χ0n) is 14.7. The van der Waals surface area contributed by atoms with Crippen molar-refractivity contribution >= 4 is 29.1 Å². The van der Waals surface area contributed by atoms with Crippen LogP contribution in [0.15, 0.2) is 24.3 Å². The first-order valence-electron chi connectivity index (χ1n) is 8.28. The molecule has 1 amide bonds. The lowest BCUT2D eigenvalue weighted by atomic mass is 10.2. The van der Waals surface area contributed by atoms with Crippen molar-refractivity contribution in [3.63, 3.8) is 0 Å². The number of unbranched alkanes of at least 4 members (excludes halogenated alkanes) is 2. The van der Waals surface area contributed by atoms with Gasteiger partial charge in [0.05, 0.1) is 12.8 Å². The number of rotatable bonds is 8. The molecule has 0 atom stereocenters. The molecule has 0 aliphatic heterocycles. The molecule has 1 aromatic heterocycles. The maximum Gasteiger partial charge on any atom is 0.274 e. The van der Waals surface area contributed by atoms with E-state index >= 15 is 0 Å². The molecule has 0 aliphatic carbocycles. The minimum atomic E-state index is -0.345. The summed E-state index contributed by atoms with van der Waals surface area (Å²) in [4.78, 5) is 21.2. The van der Waals surface area contributed by atoms with Crippen molar-refractivity contribution < 1.29 is 9.53 Å². The van der Waals surface area contributed by atoms with Crippen molar-refractivity contribution in [2.45, 2.75) is 33.1 Å². The summed E-state index contributed by atoms with van der Waals surface area (Å²) in [6.45, 7) is 4.76. The Balaban J connectivity index is 2.13. The fourth-order valence-corrected chi connectivity index (χ4v) is 2.48. The standard InChI is InChI=1S/C18H23ClN4O2/c1-4-5-6-9-20-18-21-12(2)10-15(23-18)17(24)22-14-11-13(19)7-8-16(14)25-3/h7-8,10-11H,4-6,9H2,1-3H3,(H,22,24)(H,20,21,23). The van der Waals surface area contributed by atoms with E-state index in [0.717, 1.165) is 31.5 Å². The van der Waals surface area contributed by atoms with Gasteiger partial charge in [-0.1, -0.05) is 31.4 Å². The Bertz CT molecular complexity index is 737. The average molecular weight is 363 g/mol. The minimum absolute atomic E-state index is 0.285. The van der Waals surface area contributed by atoms with Crippen LogP contribution in [0.25, 0.3) is 0 Å². The quantitative estimate of drug-likeness (QED) is 0.684. The lowest BCUT2D eigenvalue weighted by Gasteiger charge is -2.11. The molecule has 0 radical (unpaired) electrons. The van der Waals surface area contributed by atoms with Crippen LogP contribution in [0, 0.1) is 6.92 Å². The first kappa shape index (κ1) is 19.0. The van der Waals surface area contributed by atoms with Crippen LogP contribution in [0.1, 0.15) is 42.4 Å². The van der Waals surface area contributed by atoms with Crippen LogP contribution in [-0.4, -0.2) is 29.5 Å². The molecule has 25 heavy (non-hydrogen) atoms. The molecule has 0 saturated heterocycles. The number of methoxy groups -OCH3 is 1. The monoisotopic (exact) mass is 362 g/mol. The van der Waals surface area contributed by atoms with E-state index in [-0.39, 0.29) is 11.6 Å². The third-order valence-corrected chi connectivity index (χ3v) is 3.80. The molecule has 1 heterocycles. The number of carbonyl (C=O) groups is 1. The Morgan fingerprint density at radius 1 is 1.24 bits per heavy atom. The van der Waals surface area contributed by atoms with E-state index in [9.17, 15) is 4.79 Å². The highest BCUT2D eigenvalue weighted by Gasteiger charge is 2.13. The summed E-state index contributed by atoms with van der Waals surface area (Å²) in [6.07, 6.45) is 3.32. The van der Waals surface area contributed by atoms with Gasteiger partial charge in [0.2, 0.25) is 5.95 Å². The zero-order chi connectivity index (χ0) is 18.2. The first-order valence-corrected chi connectivity index (χ1v) is 8.65. The Morgan fingerprint density at radius 2 is 2.04 bits per heavy atom. The number of aromatic nitrogens is 2. The molecular weight excluding hydrogens is 340 g/mol. The number of amides is 1. The highest BCUT2D eigenvalue weighted by atomic mass is 35.5. The van der Waals surface area contributed by atoms with Crippen LogP contribution in [0.2, 0.25) is 5.02 Å². The lowest BCUT2D eigenvalue weighted by molar-refractivity contribution is 0.102. The second-order valence-electron chi connectivity index (χ2n) is 5.65. The van der Waals surface area contributed by atoms with Gasteiger partial charge < -0.3 is 15.4 Å². The smallest absolute Gasteiger partial charge is 0.274 e. The van der Waals surface area contributed by atoms with E-state index in [4.69, 9.17) is 16.3 Å². The largest absolute Gasteiger partial charge is 0.495 e. The van der Waals surface area contributed by atoms with Crippen LogP contribution in [0.5, 0.6) is 5.75 Å². The van der Waals surface area contributed by atoms with Gasteiger partial charge in [0.15, 0.2) is 0 Å². The van der Waals surface area contributed by atoms with Crippen LogP contribution >= 0.6 is 11.6 Å². The van der Waals surface area contributed by atoms with E-state index in [0.29, 0.717) is 22.4 Å². The molecule has 0 aliphatic rings. The van der Waals surface area contributed by atoms with Gasteiger partial charge >= 0.3 is 0 Å². The van der Waals surface area contributed by atoms with Crippen molar-refractivity contribution in [2.24, 2.45) is 0 Å². The molecule has 0 spiro atoms. The Morgan fingerprint density at radius 3 is 2.76 bits per heavy atom. The van der Waals surface area contributed by atoms with Crippen molar-refractivity contribution in [3.8, 4) is 5.75 Å². The number of aryl methyl sites for hydroxylation is 1. The molecule has 134 valence electrons. The van der Waals surface area contributed by atoms with Gasteiger partial charge in [0, 0.05) is 17.3 Å². The van der Waals surface area contributed by atoms with E-state index in [1.54, 1.807) is 24.3 Å². The van der Waals surface area contributed by atoms with E-state index in [1.165, 1.54) is 7.11 Å². The van der Waals surface area contributed by atoms with Gasteiger partial charge in [-0.05, 0) is 37.6 Å². The molecule has 0 fully saturated rings. The SMILES string of the molecule is CCCCCNc1nc(C)cc(C(=O)Nc2cc(Cl)ccc2OC)n1. The first-order chi connectivity index (χ1) is 12.0. The minimum Gasteiger partial charge on any atom is -0.495 e.